The normalized spacial score (nSPS) is 16.0. The summed E-state index contributed by atoms with van der Waals surface area (Å²) in [7, 11) is 1.67. The minimum absolute atomic E-state index is 0.0344. The number of amides is 2. The van der Waals surface area contributed by atoms with Gasteiger partial charge in [-0.25, -0.2) is 4.79 Å². The van der Waals surface area contributed by atoms with Gasteiger partial charge in [0.15, 0.2) is 0 Å². The maximum atomic E-state index is 12.0. The van der Waals surface area contributed by atoms with Crippen molar-refractivity contribution in [3.05, 3.63) is 30.1 Å². The minimum Gasteiger partial charge on any atom is -0.385 e. The van der Waals surface area contributed by atoms with E-state index in [1.54, 1.807) is 13.3 Å². The largest absolute Gasteiger partial charge is 0.385 e. The van der Waals surface area contributed by atoms with E-state index in [-0.39, 0.29) is 6.03 Å². The van der Waals surface area contributed by atoms with Gasteiger partial charge in [-0.1, -0.05) is 6.07 Å². The standard InChI is InChI=1S/C15H24N4O2/c1-21-11-3-6-17-15(20)19-9-7-18(8-10-19)13-14-4-2-5-16-12-14/h2,4-5,12H,3,6-11,13H2,1H3,(H,17,20). The van der Waals surface area contributed by atoms with E-state index in [2.05, 4.69) is 21.3 Å². The molecule has 0 radical (unpaired) electrons. The van der Waals surface area contributed by atoms with Gasteiger partial charge in [-0.2, -0.15) is 0 Å². The lowest BCUT2D eigenvalue weighted by atomic mass is 10.2. The van der Waals surface area contributed by atoms with E-state index < -0.39 is 0 Å². The maximum absolute atomic E-state index is 12.0. The molecule has 6 heteroatoms. The van der Waals surface area contributed by atoms with Crippen LogP contribution in [-0.4, -0.2) is 67.3 Å². The lowest BCUT2D eigenvalue weighted by Crippen LogP contribution is -2.51. The van der Waals surface area contributed by atoms with Crippen LogP contribution >= 0.6 is 0 Å². The molecule has 0 bridgehead atoms. The number of urea groups is 1. The molecule has 1 N–H and O–H groups in total. The summed E-state index contributed by atoms with van der Waals surface area (Å²) >= 11 is 0. The number of carbonyl (C=O) groups excluding carboxylic acids is 1. The number of hydrogen-bond donors (Lipinski definition) is 1. The summed E-state index contributed by atoms with van der Waals surface area (Å²) < 4.78 is 4.96. The Morgan fingerprint density at radius 2 is 2.19 bits per heavy atom. The van der Waals surface area contributed by atoms with E-state index in [0.29, 0.717) is 13.2 Å². The quantitative estimate of drug-likeness (QED) is 0.793. The van der Waals surface area contributed by atoms with Crippen LogP contribution in [0, 0.1) is 0 Å². The predicted octanol–water partition coefficient (Wildman–Crippen LogP) is 0.945. The molecular weight excluding hydrogens is 268 g/mol. The zero-order chi connectivity index (χ0) is 14.9. The van der Waals surface area contributed by atoms with E-state index in [1.807, 2.05) is 17.2 Å². The molecule has 1 aliphatic heterocycles. The zero-order valence-corrected chi connectivity index (χ0v) is 12.6. The summed E-state index contributed by atoms with van der Waals surface area (Å²) in [6, 6.07) is 4.08. The molecule has 0 saturated carbocycles. The summed E-state index contributed by atoms with van der Waals surface area (Å²) in [6.45, 7) is 5.60. The summed E-state index contributed by atoms with van der Waals surface area (Å²) in [5, 5.41) is 2.93. The van der Waals surface area contributed by atoms with Crippen LogP contribution in [0.15, 0.2) is 24.5 Å². The molecule has 0 aromatic carbocycles. The molecule has 1 aromatic heterocycles. The average molecular weight is 292 g/mol. The smallest absolute Gasteiger partial charge is 0.317 e. The molecule has 2 amide bonds. The first-order valence-electron chi connectivity index (χ1n) is 7.42. The summed E-state index contributed by atoms with van der Waals surface area (Å²) in [4.78, 5) is 20.3. The molecule has 116 valence electrons. The number of rotatable bonds is 6. The molecular formula is C15H24N4O2. The van der Waals surface area contributed by atoms with Crippen molar-refractivity contribution in [1.29, 1.82) is 0 Å². The highest BCUT2D eigenvalue weighted by molar-refractivity contribution is 5.74. The van der Waals surface area contributed by atoms with Crippen LogP contribution in [0.1, 0.15) is 12.0 Å². The average Bonchev–Trinajstić information content (AvgIpc) is 2.53. The fourth-order valence-corrected chi connectivity index (χ4v) is 2.38. The van der Waals surface area contributed by atoms with E-state index in [9.17, 15) is 4.79 Å². The molecule has 21 heavy (non-hydrogen) atoms. The van der Waals surface area contributed by atoms with Crippen molar-refractivity contribution in [2.45, 2.75) is 13.0 Å². The van der Waals surface area contributed by atoms with E-state index in [4.69, 9.17) is 4.74 Å². The van der Waals surface area contributed by atoms with E-state index in [1.165, 1.54) is 5.56 Å². The molecule has 2 rings (SSSR count). The summed E-state index contributed by atoms with van der Waals surface area (Å²) in [6.07, 6.45) is 4.54. The van der Waals surface area contributed by atoms with Gasteiger partial charge < -0.3 is 15.0 Å². The second-order valence-electron chi connectivity index (χ2n) is 5.20. The van der Waals surface area contributed by atoms with Crippen LogP contribution in [0.2, 0.25) is 0 Å². The van der Waals surface area contributed by atoms with Gasteiger partial charge >= 0.3 is 6.03 Å². The Morgan fingerprint density at radius 1 is 1.38 bits per heavy atom. The number of ether oxygens (including phenoxy) is 1. The van der Waals surface area contributed by atoms with Gasteiger partial charge in [-0.3, -0.25) is 9.88 Å². The van der Waals surface area contributed by atoms with Crippen molar-refractivity contribution >= 4 is 6.03 Å². The first-order valence-corrected chi connectivity index (χ1v) is 7.42. The van der Waals surface area contributed by atoms with Crippen molar-refractivity contribution in [2.24, 2.45) is 0 Å². The molecule has 0 aliphatic carbocycles. The Balaban J connectivity index is 1.67. The fourth-order valence-electron chi connectivity index (χ4n) is 2.38. The Labute approximate surface area is 126 Å². The molecule has 6 nitrogen and oxygen atoms in total. The topological polar surface area (TPSA) is 57.7 Å². The molecule has 0 spiro atoms. The maximum Gasteiger partial charge on any atom is 0.317 e. The number of nitrogens with zero attached hydrogens (tertiary/aromatic N) is 3. The molecule has 2 heterocycles. The molecule has 1 aromatic rings. The van der Waals surface area contributed by atoms with Crippen molar-refractivity contribution in [1.82, 2.24) is 20.1 Å². The number of hydrogen-bond acceptors (Lipinski definition) is 4. The van der Waals surface area contributed by atoms with Crippen LogP contribution in [0.3, 0.4) is 0 Å². The van der Waals surface area contributed by atoms with Gasteiger partial charge in [0.2, 0.25) is 0 Å². The summed E-state index contributed by atoms with van der Waals surface area (Å²) in [5.74, 6) is 0. The Morgan fingerprint density at radius 3 is 2.86 bits per heavy atom. The highest BCUT2D eigenvalue weighted by atomic mass is 16.5. The van der Waals surface area contributed by atoms with Crippen LogP contribution < -0.4 is 5.32 Å². The van der Waals surface area contributed by atoms with Gasteiger partial charge in [0.1, 0.15) is 0 Å². The van der Waals surface area contributed by atoms with Crippen LogP contribution in [0.5, 0.6) is 0 Å². The third-order valence-corrected chi connectivity index (χ3v) is 3.59. The number of piperazine rings is 1. The monoisotopic (exact) mass is 292 g/mol. The second kappa shape index (κ2) is 8.59. The Bertz CT molecular complexity index is 419. The Hall–Kier alpha value is -1.66. The first kappa shape index (κ1) is 15.7. The number of nitrogens with one attached hydrogen (secondary N) is 1. The fraction of sp³-hybridized carbons (Fsp3) is 0.600. The Kier molecular flexibility index (Phi) is 6.43. The molecule has 1 fully saturated rings. The van der Waals surface area contributed by atoms with E-state index in [0.717, 1.165) is 39.1 Å². The van der Waals surface area contributed by atoms with Gasteiger partial charge in [-0.05, 0) is 18.1 Å². The van der Waals surface area contributed by atoms with Crippen molar-refractivity contribution < 1.29 is 9.53 Å². The van der Waals surface area contributed by atoms with Crippen molar-refractivity contribution in [2.75, 3.05) is 46.4 Å². The molecule has 0 atom stereocenters. The number of methoxy groups -OCH3 is 1. The third-order valence-electron chi connectivity index (χ3n) is 3.59. The second-order valence-corrected chi connectivity index (χ2v) is 5.20. The highest BCUT2D eigenvalue weighted by Gasteiger charge is 2.20. The third kappa shape index (κ3) is 5.32. The molecule has 1 saturated heterocycles. The van der Waals surface area contributed by atoms with Gasteiger partial charge in [0, 0.05) is 65.4 Å². The SMILES string of the molecule is COCCCNC(=O)N1CCN(Cc2cccnc2)CC1. The highest BCUT2D eigenvalue weighted by Crippen LogP contribution is 2.07. The first-order chi connectivity index (χ1) is 10.3. The van der Waals surface area contributed by atoms with Crippen molar-refractivity contribution in [3.8, 4) is 0 Å². The molecule has 1 aliphatic rings. The number of pyridine rings is 1. The zero-order valence-electron chi connectivity index (χ0n) is 12.6. The van der Waals surface area contributed by atoms with Crippen LogP contribution in [0.4, 0.5) is 4.79 Å². The van der Waals surface area contributed by atoms with Gasteiger partial charge in [0.25, 0.3) is 0 Å². The van der Waals surface area contributed by atoms with Gasteiger partial charge in [0.05, 0.1) is 0 Å². The van der Waals surface area contributed by atoms with Crippen LogP contribution in [0.25, 0.3) is 0 Å². The van der Waals surface area contributed by atoms with Gasteiger partial charge in [-0.15, -0.1) is 0 Å². The summed E-state index contributed by atoms with van der Waals surface area (Å²) in [5.41, 5.74) is 1.22. The van der Waals surface area contributed by atoms with E-state index >= 15 is 0 Å². The number of aromatic nitrogens is 1. The number of carbonyl (C=O) groups is 1. The lowest BCUT2D eigenvalue weighted by molar-refractivity contribution is 0.134. The molecule has 0 unspecified atom stereocenters. The van der Waals surface area contributed by atoms with Crippen molar-refractivity contribution in [3.63, 3.8) is 0 Å². The predicted molar refractivity (Wildman–Crippen MR) is 81.0 cm³/mol. The minimum atomic E-state index is 0.0344. The lowest BCUT2D eigenvalue weighted by Gasteiger charge is -2.34. The van der Waals surface area contributed by atoms with Crippen LogP contribution in [-0.2, 0) is 11.3 Å².